The summed E-state index contributed by atoms with van der Waals surface area (Å²) in [5.41, 5.74) is 3.39. The number of benzene rings is 1. The first-order valence-corrected chi connectivity index (χ1v) is 5.99. The third-order valence-corrected chi connectivity index (χ3v) is 3.82. The minimum absolute atomic E-state index is 0.329. The summed E-state index contributed by atoms with van der Waals surface area (Å²) in [6.07, 6.45) is 2.72. The van der Waals surface area contributed by atoms with Crippen LogP contribution in [0.25, 0.3) is 10.9 Å². The molecule has 0 aliphatic heterocycles. The van der Waals surface area contributed by atoms with Crippen LogP contribution in [0.2, 0.25) is 0 Å². The average molecular weight is 229 g/mol. The van der Waals surface area contributed by atoms with E-state index in [1.807, 2.05) is 25.2 Å². The molecule has 0 spiro atoms. The molecular weight excluding hydrogens is 214 g/mol. The molecule has 0 saturated heterocycles. The minimum Gasteiger partial charge on any atom is -0.481 e. The molecule has 3 nitrogen and oxygen atoms in total. The van der Waals surface area contributed by atoms with E-state index in [1.54, 1.807) is 0 Å². The summed E-state index contributed by atoms with van der Waals surface area (Å²) < 4.78 is 2.15. The van der Waals surface area contributed by atoms with Crippen molar-refractivity contribution in [2.75, 3.05) is 0 Å². The van der Waals surface area contributed by atoms with Crippen LogP contribution in [0.5, 0.6) is 0 Å². The molecule has 0 amide bonds. The molecule has 88 valence electrons. The predicted molar refractivity (Wildman–Crippen MR) is 66.2 cm³/mol. The predicted octanol–water partition coefficient (Wildman–Crippen LogP) is 2.68. The molecular formula is C14H15NO2. The number of hydrogen-bond acceptors (Lipinski definition) is 1. The zero-order valence-corrected chi connectivity index (χ0v) is 9.81. The van der Waals surface area contributed by atoms with Gasteiger partial charge in [0.25, 0.3) is 0 Å². The van der Waals surface area contributed by atoms with Crippen LogP contribution in [0.3, 0.4) is 0 Å². The van der Waals surface area contributed by atoms with Crippen molar-refractivity contribution >= 4 is 16.9 Å². The Balaban J connectivity index is 2.35. The average Bonchev–Trinajstić information content (AvgIpc) is 2.64. The van der Waals surface area contributed by atoms with Crippen molar-refractivity contribution in [3.8, 4) is 0 Å². The van der Waals surface area contributed by atoms with Crippen LogP contribution in [0.1, 0.15) is 30.0 Å². The number of aromatic nitrogens is 1. The highest BCUT2D eigenvalue weighted by molar-refractivity contribution is 5.91. The van der Waals surface area contributed by atoms with Gasteiger partial charge in [0.2, 0.25) is 0 Å². The van der Waals surface area contributed by atoms with Crippen LogP contribution in [0.15, 0.2) is 24.3 Å². The third kappa shape index (κ3) is 1.38. The molecule has 1 N–H and O–H groups in total. The van der Waals surface area contributed by atoms with Gasteiger partial charge in [-0.1, -0.05) is 18.2 Å². The normalized spacial score (nSPS) is 19.2. The Labute approximate surface area is 99.7 Å². The lowest BCUT2D eigenvalue weighted by Gasteiger charge is -2.20. The van der Waals surface area contributed by atoms with Crippen LogP contribution >= 0.6 is 0 Å². The number of carboxylic acid groups (broad SMARTS) is 1. The summed E-state index contributed by atoms with van der Waals surface area (Å²) in [4.78, 5) is 11.4. The molecule has 0 fully saturated rings. The van der Waals surface area contributed by atoms with E-state index in [-0.39, 0.29) is 5.92 Å². The van der Waals surface area contributed by atoms with Crippen molar-refractivity contribution < 1.29 is 9.90 Å². The van der Waals surface area contributed by atoms with E-state index in [0.29, 0.717) is 0 Å². The van der Waals surface area contributed by atoms with E-state index in [2.05, 4.69) is 10.6 Å². The molecule has 0 saturated carbocycles. The number of carboxylic acids is 1. The Hall–Kier alpha value is -1.77. The summed E-state index contributed by atoms with van der Waals surface area (Å²) in [6, 6.07) is 8.08. The zero-order chi connectivity index (χ0) is 12.0. The quantitative estimate of drug-likeness (QED) is 0.816. The molecule has 1 aliphatic rings. The molecule has 17 heavy (non-hydrogen) atoms. The monoisotopic (exact) mass is 229 g/mol. The van der Waals surface area contributed by atoms with Crippen molar-refractivity contribution in [1.29, 1.82) is 0 Å². The van der Waals surface area contributed by atoms with E-state index in [1.165, 1.54) is 5.69 Å². The Kier molecular flexibility index (Phi) is 2.21. The second kappa shape index (κ2) is 3.62. The van der Waals surface area contributed by atoms with E-state index in [0.717, 1.165) is 35.7 Å². The third-order valence-electron chi connectivity index (χ3n) is 3.82. The number of carbonyl (C=O) groups is 1. The van der Waals surface area contributed by atoms with Crippen molar-refractivity contribution in [2.24, 2.45) is 7.05 Å². The molecule has 1 aliphatic carbocycles. The largest absolute Gasteiger partial charge is 0.481 e. The van der Waals surface area contributed by atoms with Gasteiger partial charge in [0.1, 0.15) is 0 Å². The summed E-state index contributed by atoms with van der Waals surface area (Å²) in [7, 11) is 2.03. The van der Waals surface area contributed by atoms with Gasteiger partial charge in [0, 0.05) is 23.6 Å². The highest BCUT2D eigenvalue weighted by Crippen LogP contribution is 2.38. The minimum atomic E-state index is -0.692. The zero-order valence-electron chi connectivity index (χ0n) is 9.81. The molecule has 1 heterocycles. The van der Waals surface area contributed by atoms with Gasteiger partial charge in [-0.05, 0) is 30.9 Å². The lowest BCUT2D eigenvalue weighted by Crippen LogP contribution is -2.18. The van der Waals surface area contributed by atoms with Crippen LogP contribution in [-0.4, -0.2) is 15.6 Å². The Morgan fingerprint density at radius 1 is 1.41 bits per heavy atom. The standard InChI is InChI=1S/C14H15NO2/c1-15-11-7-3-2-5-9(11)13-10(14(16)17)6-4-8-12(13)15/h2-3,5,7,10H,4,6,8H2,1H3,(H,16,17). The van der Waals surface area contributed by atoms with Gasteiger partial charge in [-0.3, -0.25) is 4.79 Å². The maximum absolute atomic E-state index is 11.4. The molecule has 3 rings (SSSR count). The first-order valence-electron chi connectivity index (χ1n) is 5.99. The van der Waals surface area contributed by atoms with Gasteiger partial charge in [0.05, 0.1) is 5.92 Å². The molecule has 2 aromatic rings. The Morgan fingerprint density at radius 3 is 2.94 bits per heavy atom. The summed E-state index contributed by atoms with van der Waals surface area (Å²) in [5, 5.41) is 10.5. The fourth-order valence-corrected chi connectivity index (χ4v) is 3.03. The van der Waals surface area contributed by atoms with E-state index >= 15 is 0 Å². The number of nitrogens with zero attached hydrogens (tertiary/aromatic N) is 1. The maximum Gasteiger partial charge on any atom is 0.311 e. The van der Waals surface area contributed by atoms with E-state index in [9.17, 15) is 9.90 Å². The number of aryl methyl sites for hydroxylation is 1. The van der Waals surface area contributed by atoms with Crippen LogP contribution < -0.4 is 0 Å². The Morgan fingerprint density at radius 2 is 2.18 bits per heavy atom. The van der Waals surface area contributed by atoms with Gasteiger partial charge in [-0.2, -0.15) is 0 Å². The highest BCUT2D eigenvalue weighted by Gasteiger charge is 2.30. The van der Waals surface area contributed by atoms with Crippen LogP contribution in [0, 0.1) is 0 Å². The summed E-state index contributed by atoms with van der Waals surface area (Å²) in [6.45, 7) is 0. The molecule has 0 radical (unpaired) electrons. The van der Waals surface area contributed by atoms with E-state index < -0.39 is 5.97 Å². The lowest BCUT2D eigenvalue weighted by molar-refractivity contribution is -0.139. The summed E-state index contributed by atoms with van der Waals surface area (Å²) in [5.74, 6) is -1.02. The van der Waals surface area contributed by atoms with Crippen LogP contribution in [-0.2, 0) is 18.3 Å². The van der Waals surface area contributed by atoms with Gasteiger partial charge in [0.15, 0.2) is 0 Å². The Bertz CT molecular complexity index is 598. The van der Waals surface area contributed by atoms with Gasteiger partial charge < -0.3 is 9.67 Å². The van der Waals surface area contributed by atoms with Crippen molar-refractivity contribution in [3.05, 3.63) is 35.5 Å². The summed E-state index contributed by atoms with van der Waals surface area (Å²) >= 11 is 0. The number of para-hydroxylation sites is 1. The first-order chi connectivity index (χ1) is 8.20. The SMILES string of the molecule is Cn1c2c(c3ccccc31)C(C(=O)O)CCC2. The van der Waals surface area contributed by atoms with Crippen molar-refractivity contribution in [2.45, 2.75) is 25.2 Å². The molecule has 1 unspecified atom stereocenters. The molecule has 3 heteroatoms. The van der Waals surface area contributed by atoms with Gasteiger partial charge >= 0.3 is 5.97 Å². The molecule has 1 aromatic carbocycles. The second-order valence-electron chi connectivity index (χ2n) is 4.72. The fraction of sp³-hybridized carbons (Fsp3) is 0.357. The molecule has 1 aromatic heterocycles. The van der Waals surface area contributed by atoms with Crippen LogP contribution in [0.4, 0.5) is 0 Å². The highest BCUT2D eigenvalue weighted by atomic mass is 16.4. The topological polar surface area (TPSA) is 42.2 Å². The van der Waals surface area contributed by atoms with E-state index in [4.69, 9.17) is 0 Å². The van der Waals surface area contributed by atoms with Crippen molar-refractivity contribution in [1.82, 2.24) is 4.57 Å². The number of fused-ring (bicyclic) bond motifs is 3. The molecule has 0 bridgehead atoms. The smallest absolute Gasteiger partial charge is 0.311 e. The number of aliphatic carboxylic acids is 1. The van der Waals surface area contributed by atoms with Gasteiger partial charge in [-0.15, -0.1) is 0 Å². The van der Waals surface area contributed by atoms with Gasteiger partial charge in [-0.25, -0.2) is 0 Å². The fourth-order valence-electron chi connectivity index (χ4n) is 3.03. The number of hydrogen-bond donors (Lipinski definition) is 1. The lowest BCUT2D eigenvalue weighted by atomic mass is 9.85. The second-order valence-corrected chi connectivity index (χ2v) is 4.72. The molecule has 1 atom stereocenters. The van der Waals surface area contributed by atoms with Crippen molar-refractivity contribution in [3.63, 3.8) is 0 Å². The maximum atomic E-state index is 11.4. The number of rotatable bonds is 1. The first kappa shape index (κ1) is 10.4.